The molecular weight excluding hydrogens is 238 g/mol. The van der Waals surface area contributed by atoms with Crippen LogP contribution in [0.25, 0.3) is 0 Å². The van der Waals surface area contributed by atoms with Crippen LogP contribution in [-0.2, 0) is 4.74 Å². The van der Waals surface area contributed by atoms with Crippen LogP contribution in [-0.4, -0.2) is 20.8 Å². The number of ether oxygens (including phenoxy) is 1. The summed E-state index contributed by atoms with van der Waals surface area (Å²) in [6.45, 7) is 0.930. The van der Waals surface area contributed by atoms with E-state index in [1.807, 2.05) is 0 Å². The molecule has 1 unspecified atom stereocenters. The minimum atomic E-state index is -0.980. The maximum absolute atomic E-state index is 6.80. The van der Waals surface area contributed by atoms with E-state index < -0.39 is 8.80 Å². The molecule has 2 saturated carbocycles. The summed E-state index contributed by atoms with van der Waals surface area (Å²) in [4.78, 5) is 0. The lowest BCUT2D eigenvalue weighted by molar-refractivity contribution is -0.0212. The fourth-order valence-corrected chi connectivity index (χ4v) is 10.5. The molecule has 0 aromatic rings. The third-order valence-corrected chi connectivity index (χ3v) is 10.7. The Morgan fingerprint density at radius 1 is 0.833 bits per heavy atom. The molecule has 1 heterocycles. The Balaban J connectivity index is 1.78. The largest absolute Gasteiger partial charge is 0.365 e. The van der Waals surface area contributed by atoms with Crippen LogP contribution in [0, 0.1) is 0 Å². The fourth-order valence-electron chi connectivity index (χ4n) is 4.92. The second-order valence-corrected chi connectivity index (χ2v) is 10.8. The summed E-state index contributed by atoms with van der Waals surface area (Å²) in [5.41, 5.74) is 8.80. The molecule has 2 N–H and O–H groups in total. The van der Waals surface area contributed by atoms with Gasteiger partial charge >= 0.3 is 0 Å². The van der Waals surface area contributed by atoms with Crippen LogP contribution in [0.4, 0.5) is 0 Å². The molecule has 1 saturated heterocycles. The molecule has 3 aliphatic rings. The topological polar surface area (TPSA) is 35.2 Å². The van der Waals surface area contributed by atoms with Gasteiger partial charge in [0.2, 0.25) is 0 Å². The molecule has 0 spiro atoms. The maximum Gasteiger partial charge on any atom is 0.0999 e. The van der Waals surface area contributed by atoms with Crippen LogP contribution in [0.2, 0.25) is 11.1 Å². The van der Waals surface area contributed by atoms with Gasteiger partial charge in [-0.25, -0.2) is 0 Å². The smallest absolute Gasteiger partial charge is 0.0999 e. The van der Waals surface area contributed by atoms with Gasteiger partial charge in [0.15, 0.2) is 0 Å². The first-order valence-electron chi connectivity index (χ1n) is 8.22. The molecule has 2 nitrogen and oxygen atoms in total. The SMILES string of the molecule is NC1([SiH](C2CCCC2)C2CCCC2)CCCCO1. The molecule has 1 aliphatic heterocycles. The van der Waals surface area contributed by atoms with Gasteiger partial charge in [0.05, 0.1) is 14.1 Å². The van der Waals surface area contributed by atoms with Crippen molar-refractivity contribution in [3.05, 3.63) is 0 Å². The predicted molar refractivity (Wildman–Crippen MR) is 78.3 cm³/mol. The second kappa shape index (κ2) is 5.64. The van der Waals surface area contributed by atoms with Gasteiger partial charge < -0.3 is 10.5 Å². The molecular formula is C15H29NOSi. The second-order valence-electron chi connectivity index (χ2n) is 6.88. The Morgan fingerprint density at radius 2 is 1.39 bits per heavy atom. The zero-order valence-electron chi connectivity index (χ0n) is 11.7. The predicted octanol–water partition coefficient (Wildman–Crippen LogP) is 3.50. The van der Waals surface area contributed by atoms with Crippen molar-refractivity contribution in [1.82, 2.24) is 0 Å². The van der Waals surface area contributed by atoms with Crippen molar-refractivity contribution in [3.63, 3.8) is 0 Å². The number of rotatable bonds is 3. The monoisotopic (exact) mass is 267 g/mol. The van der Waals surface area contributed by atoms with Gasteiger partial charge in [0, 0.05) is 6.61 Å². The van der Waals surface area contributed by atoms with Crippen molar-refractivity contribution < 1.29 is 4.74 Å². The molecule has 3 rings (SSSR count). The van der Waals surface area contributed by atoms with Crippen molar-refractivity contribution in [2.45, 2.75) is 87.1 Å². The highest BCUT2D eigenvalue weighted by Gasteiger charge is 2.48. The quantitative estimate of drug-likeness (QED) is 0.794. The van der Waals surface area contributed by atoms with E-state index in [2.05, 4.69) is 0 Å². The van der Waals surface area contributed by atoms with E-state index in [0.29, 0.717) is 0 Å². The molecule has 0 radical (unpaired) electrons. The average Bonchev–Trinajstić information content (AvgIpc) is 3.03. The highest BCUT2D eigenvalue weighted by Crippen LogP contribution is 2.48. The molecule has 0 amide bonds. The Bertz CT molecular complexity index is 250. The van der Waals surface area contributed by atoms with Crippen molar-refractivity contribution >= 4 is 8.80 Å². The molecule has 2 aliphatic carbocycles. The molecule has 3 heteroatoms. The normalized spacial score (nSPS) is 35.7. The lowest BCUT2D eigenvalue weighted by Gasteiger charge is -2.45. The van der Waals surface area contributed by atoms with E-state index in [1.165, 1.54) is 64.2 Å². The Kier molecular flexibility index (Phi) is 4.11. The van der Waals surface area contributed by atoms with Gasteiger partial charge in [-0.05, 0) is 30.3 Å². The number of hydrogen-bond donors (Lipinski definition) is 1. The highest BCUT2D eigenvalue weighted by molar-refractivity contribution is 6.65. The molecule has 18 heavy (non-hydrogen) atoms. The van der Waals surface area contributed by atoms with Gasteiger partial charge in [-0.1, -0.05) is 51.4 Å². The zero-order chi connectivity index (χ0) is 12.4. The van der Waals surface area contributed by atoms with E-state index in [-0.39, 0.29) is 5.35 Å². The van der Waals surface area contributed by atoms with Crippen LogP contribution < -0.4 is 5.73 Å². The first-order chi connectivity index (χ1) is 8.80. The third-order valence-electron chi connectivity index (χ3n) is 5.71. The Labute approximate surface area is 113 Å². The minimum Gasteiger partial charge on any atom is -0.365 e. The van der Waals surface area contributed by atoms with Crippen molar-refractivity contribution in [2.24, 2.45) is 5.73 Å². The van der Waals surface area contributed by atoms with Gasteiger partial charge in [-0.15, -0.1) is 0 Å². The van der Waals surface area contributed by atoms with Crippen LogP contribution in [0.3, 0.4) is 0 Å². The lowest BCUT2D eigenvalue weighted by Crippen LogP contribution is -2.60. The fraction of sp³-hybridized carbons (Fsp3) is 1.00. The molecule has 104 valence electrons. The standard InChI is InChI=1S/C15H29NOSi/c16-15(11-5-6-12-17-15)18(13-7-1-2-8-13)14-9-3-4-10-14/h13-14,18H,1-12,16H2. The summed E-state index contributed by atoms with van der Waals surface area (Å²) in [5.74, 6) is 0. The summed E-state index contributed by atoms with van der Waals surface area (Å²) in [7, 11) is -0.980. The van der Waals surface area contributed by atoms with E-state index in [4.69, 9.17) is 10.5 Å². The molecule has 0 aromatic carbocycles. The Morgan fingerprint density at radius 3 is 1.83 bits per heavy atom. The van der Waals surface area contributed by atoms with Crippen LogP contribution >= 0.6 is 0 Å². The molecule has 1 atom stereocenters. The van der Waals surface area contributed by atoms with Gasteiger partial charge in [0.1, 0.15) is 0 Å². The highest BCUT2D eigenvalue weighted by atomic mass is 28.3. The number of nitrogens with two attached hydrogens (primary N) is 1. The third kappa shape index (κ3) is 2.54. The van der Waals surface area contributed by atoms with E-state index in [9.17, 15) is 0 Å². The summed E-state index contributed by atoms with van der Waals surface area (Å²) in [5, 5.41) is -0.137. The summed E-state index contributed by atoms with van der Waals surface area (Å²) in [6, 6.07) is 0. The maximum atomic E-state index is 6.80. The van der Waals surface area contributed by atoms with Crippen molar-refractivity contribution in [1.29, 1.82) is 0 Å². The molecule has 0 aromatic heterocycles. The summed E-state index contributed by atoms with van der Waals surface area (Å²) >= 11 is 0. The lowest BCUT2D eigenvalue weighted by atomic mass is 10.2. The van der Waals surface area contributed by atoms with Crippen molar-refractivity contribution in [2.75, 3.05) is 6.61 Å². The molecule has 0 bridgehead atoms. The van der Waals surface area contributed by atoms with Crippen molar-refractivity contribution in [3.8, 4) is 0 Å². The average molecular weight is 267 g/mol. The Hall–Kier alpha value is 0.137. The number of hydrogen-bond acceptors (Lipinski definition) is 2. The minimum absolute atomic E-state index is 0.137. The zero-order valence-corrected chi connectivity index (χ0v) is 12.9. The van der Waals surface area contributed by atoms with Crippen LogP contribution in [0.15, 0.2) is 0 Å². The molecule has 3 fully saturated rings. The van der Waals surface area contributed by atoms with Gasteiger partial charge in [-0.2, -0.15) is 0 Å². The van der Waals surface area contributed by atoms with Gasteiger partial charge in [0.25, 0.3) is 0 Å². The first kappa shape index (κ1) is 13.1. The van der Waals surface area contributed by atoms with Crippen LogP contribution in [0.5, 0.6) is 0 Å². The summed E-state index contributed by atoms with van der Waals surface area (Å²) < 4.78 is 6.19. The van der Waals surface area contributed by atoms with E-state index in [1.54, 1.807) is 0 Å². The van der Waals surface area contributed by atoms with E-state index >= 15 is 0 Å². The first-order valence-corrected chi connectivity index (χ1v) is 10.1. The summed E-state index contributed by atoms with van der Waals surface area (Å²) in [6.07, 6.45) is 15.4. The van der Waals surface area contributed by atoms with E-state index in [0.717, 1.165) is 24.1 Å². The van der Waals surface area contributed by atoms with Gasteiger partial charge in [-0.3, -0.25) is 0 Å². The van der Waals surface area contributed by atoms with Crippen LogP contribution in [0.1, 0.15) is 70.6 Å².